The largest absolute Gasteiger partial charge is 0.365 e. The molecule has 0 radical (unpaired) electrons. The zero-order valence-corrected chi connectivity index (χ0v) is 12.0. The van der Waals surface area contributed by atoms with E-state index in [1.54, 1.807) is 11.3 Å². The van der Waals surface area contributed by atoms with Crippen molar-refractivity contribution in [3.05, 3.63) is 33.8 Å². The second-order valence-electron chi connectivity index (χ2n) is 4.32. The molecule has 102 valence electrons. The average molecular weight is 277 g/mol. The van der Waals surface area contributed by atoms with Crippen molar-refractivity contribution in [2.75, 3.05) is 10.7 Å². The van der Waals surface area contributed by atoms with Gasteiger partial charge in [-0.2, -0.15) is 0 Å². The van der Waals surface area contributed by atoms with E-state index in [1.165, 1.54) is 16.8 Å². The number of aryl methyl sites for hydroxylation is 1. The van der Waals surface area contributed by atoms with Gasteiger partial charge in [0.15, 0.2) is 0 Å². The highest BCUT2D eigenvalue weighted by atomic mass is 32.1. The maximum atomic E-state index is 5.50. The number of nitrogens with zero attached hydrogens (tertiary/aromatic N) is 2. The van der Waals surface area contributed by atoms with Gasteiger partial charge in [0.25, 0.3) is 0 Å². The van der Waals surface area contributed by atoms with E-state index in [0.29, 0.717) is 5.82 Å². The summed E-state index contributed by atoms with van der Waals surface area (Å²) in [5, 5.41) is 5.48. The fourth-order valence-electron chi connectivity index (χ4n) is 1.93. The van der Waals surface area contributed by atoms with Crippen molar-refractivity contribution >= 4 is 23.0 Å². The molecule has 2 rings (SSSR count). The molecule has 0 bridgehead atoms. The fraction of sp³-hybridized carbons (Fsp3) is 0.385. The number of aromatic nitrogens is 2. The van der Waals surface area contributed by atoms with E-state index in [4.69, 9.17) is 5.84 Å². The number of thiophene rings is 1. The van der Waals surface area contributed by atoms with E-state index < -0.39 is 0 Å². The highest BCUT2D eigenvalue weighted by Crippen LogP contribution is 2.23. The summed E-state index contributed by atoms with van der Waals surface area (Å²) >= 11 is 1.75. The standard InChI is InChI=1S/C13H19N5S/c1-3-4-10-12(16-8-17-13(10)18-14)15-7-11-9(2)5-6-19-11/h5-6,8H,3-4,7,14H2,1-2H3,(H2,15,16,17,18). The van der Waals surface area contributed by atoms with Crippen LogP contribution in [0.25, 0.3) is 0 Å². The van der Waals surface area contributed by atoms with Crippen molar-refractivity contribution in [2.45, 2.75) is 33.2 Å². The van der Waals surface area contributed by atoms with E-state index >= 15 is 0 Å². The Labute approximate surface area is 117 Å². The molecule has 0 aliphatic heterocycles. The van der Waals surface area contributed by atoms with Gasteiger partial charge in [0.1, 0.15) is 18.0 Å². The van der Waals surface area contributed by atoms with Gasteiger partial charge >= 0.3 is 0 Å². The molecular formula is C13H19N5S. The number of nitrogens with two attached hydrogens (primary N) is 1. The predicted molar refractivity (Wildman–Crippen MR) is 80.2 cm³/mol. The average Bonchev–Trinajstić information content (AvgIpc) is 2.83. The van der Waals surface area contributed by atoms with Gasteiger partial charge < -0.3 is 10.7 Å². The number of hydrogen-bond acceptors (Lipinski definition) is 6. The molecule has 2 aromatic heterocycles. The molecule has 0 aliphatic carbocycles. The quantitative estimate of drug-likeness (QED) is 0.559. The zero-order chi connectivity index (χ0) is 13.7. The molecule has 2 aromatic rings. The first-order chi connectivity index (χ1) is 9.26. The SMILES string of the molecule is CCCc1c(NN)ncnc1NCc1sccc1C. The third kappa shape index (κ3) is 3.21. The lowest BCUT2D eigenvalue weighted by Gasteiger charge is -2.13. The summed E-state index contributed by atoms with van der Waals surface area (Å²) in [5.74, 6) is 7.05. The minimum atomic E-state index is 0.697. The molecule has 0 unspecified atom stereocenters. The molecule has 0 fully saturated rings. The Bertz CT molecular complexity index is 538. The molecule has 19 heavy (non-hydrogen) atoms. The third-order valence-corrected chi connectivity index (χ3v) is 3.99. The Morgan fingerprint density at radius 2 is 2.11 bits per heavy atom. The van der Waals surface area contributed by atoms with Crippen LogP contribution in [-0.4, -0.2) is 9.97 Å². The zero-order valence-electron chi connectivity index (χ0n) is 11.2. The maximum Gasteiger partial charge on any atom is 0.148 e. The smallest absolute Gasteiger partial charge is 0.148 e. The number of nitrogen functional groups attached to an aromatic ring is 1. The van der Waals surface area contributed by atoms with Crippen molar-refractivity contribution in [3.8, 4) is 0 Å². The monoisotopic (exact) mass is 277 g/mol. The van der Waals surface area contributed by atoms with Crippen LogP contribution in [-0.2, 0) is 13.0 Å². The predicted octanol–water partition coefficient (Wildman–Crippen LogP) is 2.70. The van der Waals surface area contributed by atoms with Gasteiger partial charge in [0.05, 0.1) is 6.54 Å². The lowest BCUT2D eigenvalue weighted by molar-refractivity contribution is 0.897. The highest BCUT2D eigenvalue weighted by molar-refractivity contribution is 7.10. The molecular weight excluding hydrogens is 258 g/mol. The molecule has 6 heteroatoms. The van der Waals surface area contributed by atoms with Gasteiger partial charge in [-0.1, -0.05) is 13.3 Å². The van der Waals surface area contributed by atoms with Gasteiger partial charge in [0.2, 0.25) is 0 Å². The van der Waals surface area contributed by atoms with Crippen LogP contribution >= 0.6 is 11.3 Å². The fourth-order valence-corrected chi connectivity index (χ4v) is 2.77. The molecule has 0 amide bonds. The number of nitrogens with one attached hydrogen (secondary N) is 2. The van der Waals surface area contributed by atoms with Gasteiger partial charge in [-0.05, 0) is 30.4 Å². The van der Waals surface area contributed by atoms with Crippen molar-refractivity contribution in [3.63, 3.8) is 0 Å². The Morgan fingerprint density at radius 1 is 1.32 bits per heavy atom. The summed E-state index contributed by atoms with van der Waals surface area (Å²) in [5.41, 5.74) is 4.99. The van der Waals surface area contributed by atoms with Crippen molar-refractivity contribution < 1.29 is 0 Å². The minimum absolute atomic E-state index is 0.697. The number of hydrogen-bond donors (Lipinski definition) is 3. The molecule has 0 atom stereocenters. The van der Waals surface area contributed by atoms with Crippen LogP contribution in [0, 0.1) is 6.92 Å². The van der Waals surface area contributed by atoms with E-state index in [9.17, 15) is 0 Å². The molecule has 4 N–H and O–H groups in total. The minimum Gasteiger partial charge on any atom is -0.365 e. The van der Waals surface area contributed by atoms with Crippen molar-refractivity contribution in [2.24, 2.45) is 5.84 Å². The summed E-state index contributed by atoms with van der Waals surface area (Å²) in [6.45, 7) is 5.02. The molecule has 2 heterocycles. The van der Waals surface area contributed by atoms with E-state index in [0.717, 1.165) is 30.8 Å². The number of hydrazine groups is 1. The van der Waals surface area contributed by atoms with Crippen LogP contribution in [0.5, 0.6) is 0 Å². The van der Waals surface area contributed by atoms with Gasteiger partial charge in [-0.25, -0.2) is 15.8 Å². The summed E-state index contributed by atoms with van der Waals surface area (Å²) in [7, 11) is 0. The van der Waals surface area contributed by atoms with Gasteiger partial charge in [0, 0.05) is 10.4 Å². The molecule has 0 aromatic carbocycles. The number of anilines is 2. The van der Waals surface area contributed by atoms with E-state index in [1.807, 2.05) is 0 Å². The van der Waals surface area contributed by atoms with Crippen LogP contribution in [0.4, 0.5) is 11.6 Å². The highest BCUT2D eigenvalue weighted by Gasteiger charge is 2.10. The molecule has 0 aliphatic rings. The summed E-state index contributed by atoms with van der Waals surface area (Å²) < 4.78 is 0. The molecule has 0 spiro atoms. The van der Waals surface area contributed by atoms with Crippen LogP contribution in [0.2, 0.25) is 0 Å². The Kier molecular flexibility index (Phi) is 4.70. The Balaban J connectivity index is 2.17. The van der Waals surface area contributed by atoms with Crippen molar-refractivity contribution in [1.29, 1.82) is 0 Å². The molecule has 0 saturated heterocycles. The normalized spacial score (nSPS) is 10.5. The Hall–Kier alpha value is -1.66. The van der Waals surface area contributed by atoms with E-state index in [2.05, 4.69) is 46.0 Å². The summed E-state index contributed by atoms with van der Waals surface area (Å²) in [6, 6.07) is 2.13. The molecule has 0 saturated carbocycles. The summed E-state index contributed by atoms with van der Waals surface area (Å²) in [4.78, 5) is 9.80. The summed E-state index contributed by atoms with van der Waals surface area (Å²) in [6.07, 6.45) is 3.44. The maximum absolute atomic E-state index is 5.50. The first-order valence-electron chi connectivity index (χ1n) is 6.33. The van der Waals surface area contributed by atoms with E-state index in [-0.39, 0.29) is 0 Å². The second kappa shape index (κ2) is 6.49. The first-order valence-corrected chi connectivity index (χ1v) is 7.21. The first kappa shape index (κ1) is 13.8. The van der Waals surface area contributed by atoms with Gasteiger partial charge in [-0.3, -0.25) is 0 Å². The van der Waals surface area contributed by atoms with Crippen LogP contribution < -0.4 is 16.6 Å². The number of rotatable bonds is 6. The third-order valence-electron chi connectivity index (χ3n) is 2.97. The van der Waals surface area contributed by atoms with Crippen LogP contribution in [0.15, 0.2) is 17.8 Å². The van der Waals surface area contributed by atoms with Gasteiger partial charge in [-0.15, -0.1) is 11.3 Å². The lowest BCUT2D eigenvalue weighted by atomic mass is 10.1. The Morgan fingerprint density at radius 3 is 2.74 bits per heavy atom. The molecule has 5 nitrogen and oxygen atoms in total. The van der Waals surface area contributed by atoms with Crippen LogP contribution in [0.3, 0.4) is 0 Å². The lowest BCUT2D eigenvalue weighted by Crippen LogP contribution is -2.14. The second-order valence-corrected chi connectivity index (χ2v) is 5.32. The van der Waals surface area contributed by atoms with Crippen molar-refractivity contribution in [1.82, 2.24) is 9.97 Å². The topological polar surface area (TPSA) is 75.9 Å². The van der Waals surface area contributed by atoms with Crippen LogP contribution in [0.1, 0.15) is 29.3 Å².